The third-order valence-corrected chi connectivity index (χ3v) is 6.61. The summed E-state index contributed by atoms with van der Waals surface area (Å²) in [5, 5.41) is 9.06. The lowest BCUT2D eigenvalue weighted by Gasteiger charge is -2.25. The minimum atomic E-state index is -4.20. The monoisotopic (exact) mass is 413 g/mol. The smallest absolute Gasteiger partial charge is 0.304 e. The van der Waals surface area contributed by atoms with Crippen LogP contribution in [0, 0.1) is 12.7 Å². The zero-order valence-corrected chi connectivity index (χ0v) is 15.7. The van der Waals surface area contributed by atoms with Gasteiger partial charge in [-0.1, -0.05) is 17.7 Å². The predicted octanol–water partition coefficient (Wildman–Crippen LogP) is 3.93. The molecule has 0 fully saturated rings. The van der Waals surface area contributed by atoms with Crippen molar-refractivity contribution in [2.45, 2.75) is 36.5 Å². The maximum absolute atomic E-state index is 14.7. The van der Waals surface area contributed by atoms with Crippen molar-refractivity contribution in [2.24, 2.45) is 0 Å². The molecule has 1 N–H and O–H groups in total. The van der Waals surface area contributed by atoms with E-state index in [1.54, 1.807) is 19.1 Å². The fourth-order valence-electron chi connectivity index (χ4n) is 3.33. The van der Waals surface area contributed by atoms with Gasteiger partial charge in [-0.05, 0) is 42.8 Å². The number of rotatable bonds is 4. The van der Waals surface area contributed by atoms with Crippen molar-refractivity contribution < 1.29 is 31.5 Å². The molecule has 0 spiro atoms. The molecular weight excluding hydrogens is 395 g/mol. The first-order valence-electron chi connectivity index (χ1n) is 8.51. The van der Waals surface area contributed by atoms with Crippen LogP contribution in [-0.4, -0.2) is 32.0 Å². The van der Waals surface area contributed by atoms with E-state index in [4.69, 9.17) is 5.11 Å². The van der Waals surface area contributed by atoms with Crippen molar-refractivity contribution in [1.82, 2.24) is 0 Å². The lowest BCUT2D eigenvalue weighted by molar-refractivity contribution is -0.140. The van der Waals surface area contributed by atoms with E-state index in [1.807, 2.05) is 0 Å². The molecular formula is C19H18F3NO4S. The van der Waals surface area contributed by atoms with E-state index >= 15 is 0 Å². The first kappa shape index (κ1) is 20.2. The standard InChI is InChI=1S/C19H18F3NO4S/c1-12-2-5-14(6-3-12)28(26,27)23-9-8-19(21,22)16(11-18(24)25)15-10-13(20)4-7-17(15)23/h2-7,10,16H,8-9,11H2,1H3,(H,24,25)/t16-/m1/s1. The average Bonchev–Trinajstić information content (AvgIpc) is 2.70. The zero-order chi connectivity index (χ0) is 20.7. The Kier molecular flexibility index (Phi) is 5.14. The van der Waals surface area contributed by atoms with E-state index in [-0.39, 0.29) is 16.1 Å². The highest BCUT2D eigenvalue weighted by atomic mass is 32.2. The number of carbonyl (C=O) groups is 1. The summed E-state index contributed by atoms with van der Waals surface area (Å²) in [5.41, 5.74) is 0.358. The van der Waals surface area contributed by atoms with E-state index in [0.717, 1.165) is 28.1 Å². The molecule has 1 aliphatic heterocycles. The van der Waals surface area contributed by atoms with Gasteiger partial charge in [-0.2, -0.15) is 0 Å². The maximum Gasteiger partial charge on any atom is 0.304 e. The van der Waals surface area contributed by atoms with Gasteiger partial charge in [0.05, 0.1) is 22.9 Å². The van der Waals surface area contributed by atoms with Crippen LogP contribution in [0.15, 0.2) is 47.4 Å². The number of hydrogen-bond acceptors (Lipinski definition) is 3. The number of anilines is 1. The van der Waals surface area contributed by atoms with Crippen LogP contribution < -0.4 is 4.31 Å². The molecule has 1 aliphatic rings. The second-order valence-electron chi connectivity index (χ2n) is 6.75. The normalized spacial score (nSPS) is 19.0. The maximum atomic E-state index is 14.7. The molecule has 1 heterocycles. The predicted molar refractivity (Wildman–Crippen MR) is 96.7 cm³/mol. The molecule has 1 atom stereocenters. The minimum absolute atomic E-state index is 0.0895. The lowest BCUT2D eigenvalue weighted by atomic mass is 9.88. The van der Waals surface area contributed by atoms with Crippen molar-refractivity contribution in [3.05, 3.63) is 59.4 Å². The highest BCUT2D eigenvalue weighted by Crippen LogP contribution is 2.46. The third-order valence-electron chi connectivity index (χ3n) is 4.78. The van der Waals surface area contributed by atoms with Crippen LogP contribution in [0.2, 0.25) is 0 Å². The quantitative estimate of drug-likeness (QED) is 0.824. The number of aliphatic carboxylic acids is 1. The van der Waals surface area contributed by atoms with Crippen LogP contribution in [-0.2, 0) is 14.8 Å². The van der Waals surface area contributed by atoms with Gasteiger partial charge in [0.2, 0.25) is 0 Å². The molecule has 5 nitrogen and oxygen atoms in total. The second kappa shape index (κ2) is 7.12. The summed E-state index contributed by atoms with van der Waals surface area (Å²) in [7, 11) is -4.20. The number of fused-ring (bicyclic) bond motifs is 1. The van der Waals surface area contributed by atoms with E-state index in [9.17, 15) is 26.4 Å². The van der Waals surface area contributed by atoms with Gasteiger partial charge in [-0.25, -0.2) is 21.6 Å². The van der Waals surface area contributed by atoms with Gasteiger partial charge in [0.15, 0.2) is 0 Å². The topological polar surface area (TPSA) is 74.7 Å². The second-order valence-corrected chi connectivity index (χ2v) is 8.62. The largest absolute Gasteiger partial charge is 0.481 e. The molecule has 0 saturated carbocycles. The van der Waals surface area contributed by atoms with Gasteiger partial charge in [0.25, 0.3) is 15.9 Å². The Morgan fingerprint density at radius 1 is 1.21 bits per heavy atom. The number of alkyl halides is 2. The number of hydrogen-bond donors (Lipinski definition) is 1. The van der Waals surface area contributed by atoms with Crippen molar-refractivity contribution in [1.29, 1.82) is 0 Å². The highest BCUT2D eigenvalue weighted by Gasteiger charge is 2.47. The van der Waals surface area contributed by atoms with Crippen LogP contribution in [0.1, 0.15) is 29.9 Å². The Morgan fingerprint density at radius 3 is 2.46 bits per heavy atom. The van der Waals surface area contributed by atoms with Gasteiger partial charge < -0.3 is 5.11 Å². The van der Waals surface area contributed by atoms with Gasteiger partial charge in [-0.15, -0.1) is 0 Å². The van der Waals surface area contributed by atoms with E-state index in [2.05, 4.69) is 0 Å². The van der Waals surface area contributed by atoms with Gasteiger partial charge in [0.1, 0.15) is 5.82 Å². The Morgan fingerprint density at radius 2 is 1.86 bits per heavy atom. The molecule has 28 heavy (non-hydrogen) atoms. The molecule has 150 valence electrons. The fraction of sp³-hybridized carbons (Fsp3) is 0.316. The van der Waals surface area contributed by atoms with Crippen LogP contribution in [0.3, 0.4) is 0 Å². The summed E-state index contributed by atoms with van der Waals surface area (Å²) in [6.45, 7) is 1.22. The zero-order valence-electron chi connectivity index (χ0n) is 14.9. The van der Waals surface area contributed by atoms with E-state index in [1.165, 1.54) is 12.1 Å². The molecule has 0 amide bonds. The number of aryl methyl sites for hydroxylation is 1. The number of halogens is 3. The fourth-order valence-corrected chi connectivity index (χ4v) is 4.82. The number of nitrogens with zero attached hydrogens (tertiary/aromatic N) is 1. The summed E-state index contributed by atoms with van der Waals surface area (Å²) in [5.74, 6) is -7.68. The van der Waals surface area contributed by atoms with Gasteiger partial charge in [-0.3, -0.25) is 9.10 Å². The minimum Gasteiger partial charge on any atom is -0.481 e. The molecule has 2 aromatic rings. The van der Waals surface area contributed by atoms with Crippen molar-refractivity contribution in [3.8, 4) is 0 Å². The summed E-state index contributed by atoms with van der Waals surface area (Å²) in [6.07, 6.45) is -1.83. The Balaban J connectivity index is 2.19. The van der Waals surface area contributed by atoms with Crippen molar-refractivity contribution in [2.75, 3.05) is 10.8 Å². The van der Waals surface area contributed by atoms with E-state index < -0.39 is 53.0 Å². The molecule has 0 bridgehead atoms. The number of benzene rings is 2. The van der Waals surface area contributed by atoms with Crippen molar-refractivity contribution in [3.63, 3.8) is 0 Å². The molecule has 0 aliphatic carbocycles. The summed E-state index contributed by atoms with van der Waals surface area (Å²) < 4.78 is 70.3. The molecule has 2 aromatic carbocycles. The van der Waals surface area contributed by atoms with Gasteiger partial charge >= 0.3 is 5.97 Å². The molecule has 3 rings (SSSR count). The lowest BCUT2D eigenvalue weighted by Crippen LogP contribution is -2.33. The van der Waals surface area contributed by atoms with E-state index in [0.29, 0.717) is 0 Å². The molecule has 0 unspecified atom stereocenters. The third kappa shape index (κ3) is 3.71. The van der Waals surface area contributed by atoms with Crippen LogP contribution in [0.4, 0.5) is 18.9 Å². The molecule has 9 heteroatoms. The molecule has 0 saturated heterocycles. The van der Waals surface area contributed by atoms with Crippen LogP contribution in [0.5, 0.6) is 0 Å². The number of carboxylic acids is 1. The highest BCUT2D eigenvalue weighted by molar-refractivity contribution is 7.92. The average molecular weight is 413 g/mol. The Hall–Kier alpha value is -2.55. The van der Waals surface area contributed by atoms with Crippen LogP contribution in [0.25, 0.3) is 0 Å². The van der Waals surface area contributed by atoms with Crippen LogP contribution >= 0.6 is 0 Å². The van der Waals surface area contributed by atoms with Crippen molar-refractivity contribution >= 4 is 21.7 Å². The molecule has 0 aromatic heterocycles. The number of carboxylic acid groups (broad SMARTS) is 1. The first-order valence-corrected chi connectivity index (χ1v) is 9.95. The Labute approximate surface area is 160 Å². The summed E-state index contributed by atoms with van der Waals surface area (Å²) >= 11 is 0. The number of sulfonamides is 1. The Bertz CT molecular complexity index is 1010. The first-order chi connectivity index (χ1) is 13.0. The SMILES string of the molecule is Cc1ccc(S(=O)(=O)N2CCC(F)(F)[C@H](CC(=O)O)c3cc(F)ccc32)cc1. The van der Waals surface area contributed by atoms with Gasteiger partial charge in [0, 0.05) is 13.0 Å². The summed E-state index contributed by atoms with van der Waals surface area (Å²) in [6, 6.07) is 8.76. The molecule has 0 radical (unpaired) electrons. The summed E-state index contributed by atoms with van der Waals surface area (Å²) in [4.78, 5) is 11.0.